The Bertz CT molecular complexity index is 1230. The predicted molar refractivity (Wildman–Crippen MR) is 118 cm³/mol. The zero-order valence-electron chi connectivity index (χ0n) is 16.2. The van der Waals surface area contributed by atoms with Gasteiger partial charge in [0.05, 0.1) is 23.0 Å². The fraction of sp³-hybridized carbons (Fsp3) is 0. The average Bonchev–Trinajstić information content (AvgIpc) is 3.54. The van der Waals surface area contributed by atoms with Crippen molar-refractivity contribution in [2.75, 3.05) is 0 Å². The Morgan fingerprint density at radius 3 is 2.20 bits per heavy atom. The molecule has 0 spiro atoms. The highest BCUT2D eigenvalue weighted by Crippen LogP contribution is 2.20. The first-order chi connectivity index (χ1) is 14.8. The molecule has 0 radical (unpaired) electrons. The highest BCUT2D eigenvalue weighted by Gasteiger charge is 2.03. The fourth-order valence-electron chi connectivity index (χ4n) is 2.99. The van der Waals surface area contributed by atoms with E-state index in [2.05, 4.69) is 21.0 Å². The topological polar surface area (TPSA) is 70.3 Å². The van der Waals surface area contributed by atoms with Crippen LogP contribution in [0.2, 0.25) is 0 Å². The molecule has 0 saturated heterocycles. The molecule has 1 N–H and O–H groups in total. The maximum atomic E-state index is 8.92. The van der Waals surface area contributed by atoms with Crippen LogP contribution in [0.3, 0.4) is 0 Å². The van der Waals surface area contributed by atoms with Crippen LogP contribution >= 0.6 is 0 Å². The van der Waals surface area contributed by atoms with Crippen molar-refractivity contribution in [3.63, 3.8) is 0 Å². The Kier molecular flexibility index (Phi) is 5.78. The zero-order valence-corrected chi connectivity index (χ0v) is 16.2. The summed E-state index contributed by atoms with van der Waals surface area (Å²) in [6.07, 6.45) is 11.4. The Labute approximate surface area is 174 Å². The average molecular weight is 389 g/mol. The second kappa shape index (κ2) is 9.18. The number of nitrogens with zero attached hydrogens (tertiary/aromatic N) is 4. The Balaban J connectivity index is 0.000000168. The standard InChI is InChI=1S/C16H11N3.C9H8N2/c17-11-13-4-3-5-15(10-13)19-9-7-14(12-19)16-6-1-2-8-18-16;1-2-5-11-9(3-1)8-4-6-10-7-8/h1-10,12H;1-7,10H. The van der Waals surface area contributed by atoms with E-state index in [9.17, 15) is 0 Å². The highest BCUT2D eigenvalue weighted by atomic mass is 14.9. The molecule has 30 heavy (non-hydrogen) atoms. The summed E-state index contributed by atoms with van der Waals surface area (Å²) >= 11 is 0. The molecule has 144 valence electrons. The van der Waals surface area contributed by atoms with Crippen molar-refractivity contribution in [2.24, 2.45) is 0 Å². The number of aromatic amines is 1. The van der Waals surface area contributed by atoms with Gasteiger partial charge in [0.2, 0.25) is 0 Å². The fourth-order valence-corrected chi connectivity index (χ4v) is 2.99. The number of hydrogen-bond acceptors (Lipinski definition) is 3. The minimum Gasteiger partial charge on any atom is -0.367 e. The largest absolute Gasteiger partial charge is 0.367 e. The molecule has 0 fully saturated rings. The maximum Gasteiger partial charge on any atom is 0.0992 e. The number of hydrogen-bond donors (Lipinski definition) is 1. The summed E-state index contributed by atoms with van der Waals surface area (Å²) in [5.41, 5.74) is 5.77. The van der Waals surface area contributed by atoms with Gasteiger partial charge in [0.25, 0.3) is 0 Å². The lowest BCUT2D eigenvalue weighted by Gasteiger charge is -2.02. The number of benzene rings is 1. The Hall–Kier alpha value is -4.43. The van der Waals surface area contributed by atoms with Gasteiger partial charge in [0, 0.05) is 54.0 Å². The second-order valence-corrected chi connectivity index (χ2v) is 6.50. The van der Waals surface area contributed by atoms with Crippen molar-refractivity contribution < 1.29 is 0 Å². The molecule has 0 aliphatic heterocycles. The van der Waals surface area contributed by atoms with Gasteiger partial charge in [-0.3, -0.25) is 9.97 Å². The molecule has 0 unspecified atom stereocenters. The van der Waals surface area contributed by atoms with E-state index in [-0.39, 0.29) is 0 Å². The smallest absolute Gasteiger partial charge is 0.0992 e. The van der Waals surface area contributed by atoms with Gasteiger partial charge in [0.15, 0.2) is 0 Å². The van der Waals surface area contributed by atoms with Crippen LogP contribution in [0.1, 0.15) is 5.56 Å². The van der Waals surface area contributed by atoms with E-state index >= 15 is 0 Å². The van der Waals surface area contributed by atoms with Gasteiger partial charge in [0.1, 0.15) is 0 Å². The Morgan fingerprint density at radius 2 is 1.57 bits per heavy atom. The van der Waals surface area contributed by atoms with Gasteiger partial charge in [-0.2, -0.15) is 5.26 Å². The van der Waals surface area contributed by atoms with Gasteiger partial charge in [-0.15, -0.1) is 0 Å². The third-order valence-electron chi connectivity index (χ3n) is 4.49. The van der Waals surface area contributed by atoms with Crippen LogP contribution in [0.5, 0.6) is 0 Å². The molecule has 0 bridgehead atoms. The molecular formula is C25H19N5. The minimum atomic E-state index is 0.658. The quantitative estimate of drug-likeness (QED) is 0.444. The summed E-state index contributed by atoms with van der Waals surface area (Å²) < 4.78 is 1.99. The van der Waals surface area contributed by atoms with E-state index in [0.29, 0.717) is 5.56 Å². The van der Waals surface area contributed by atoms with Crippen LogP contribution in [0.15, 0.2) is 110 Å². The van der Waals surface area contributed by atoms with Crippen molar-refractivity contribution >= 4 is 0 Å². The van der Waals surface area contributed by atoms with Crippen LogP contribution in [-0.2, 0) is 0 Å². The predicted octanol–water partition coefficient (Wildman–Crippen LogP) is 5.49. The maximum absolute atomic E-state index is 8.92. The SMILES string of the molecule is N#Cc1cccc(-n2ccc(-c3ccccn3)c2)c1.c1ccc(-c2cc[nH]c2)nc1. The molecule has 0 atom stereocenters. The lowest BCUT2D eigenvalue weighted by atomic mass is 10.2. The number of nitrogens with one attached hydrogen (secondary N) is 1. The van der Waals surface area contributed by atoms with E-state index in [0.717, 1.165) is 28.2 Å². The third-order valence-corrected chi connectivity index (χ3v) is 4.49. The number of pyridine rings is 2. The van der Waals surface area contributed by atoms with Gasteiger partial charge in [-0.05, 0) is 54.6 Å². The molecule has 4 heterocycles. The van der Waals surface area contributed by atoms with Crippen LogP contribution < -0.4 is 0 Å². The van der Waals surface area contributed by atoms with Crippen LogP contribution in [-0.4, -0.2) is 19.5 Å². The van der Waals surface area contributed by atoms with E-state index in [1.807, 2.05) is 96.1 Å². The van der Waals surface area contributed by atoms with Crippen LogP contribution in [0, 0.1) is 11.3 Å². The van der Waals surface area contributed by atoms with Gasteiger partial charge < -0.3 is 9.55 Å². The summed E-state index contributed by atoms with van der Waals surface area (Å²) in [4.78, 5) is 11.5. The molecule has 5 aromatic rings. The number of aromatic nitrogens is 4. The summed E-state index contributed by atoms with van der Waals surface area (Å²) in [7, 11) is 0. The number of rotatable bonds is 3. The van der Waals surface area contributed by atoms with Crippen molar-refractivity contribution in [1.29, 1.82) is 5.26 Å². The summed E-state index contributed by atoms with van der Waals surface area (Å²) in [5.74, 6) is 0. The molecule has 0 amide bonds. The number of nitriles is 1. The van der Waals surface area contributed by atoms with E-state index < -0.39 is 0 Å². The van der Waals surface area contributed by atoms with Gasteiger partial charge >= 0.3 is 0 Å². The summed E-state index contributed by atoms with van der Waals surface area (Å²) in [5, 5.41) is 8.92. The molecule has 5 heteroatoms. The van der Waals surface area contributed by atoms with Gasteiger partial charge in [-0.1, -0.05) is 18.2 Å². The minimum absolute atomic E-state index is 0.658. The molecule has 5 nitrogen and oxygen atoms in total. The lowest BCUT2D eigenvalue weighted by Crippen LogP contribution is -1.90. The van der Waals surface area contributed by atoms with Crippen molar-refractivity contribution in [1.82, 2.24) is 19.5 Å². The normalized spacial score (nSPS) is 9.97. The van der Waals surface area contributed by atoms with Crippen molar-refractivity contribution in [2.45, 2.75) is 0 Å². The second-order valence-electron chi connectivity index (χ2n) is 6.50. The first-order valence-electron chi connectivity index (χ1n) is 9.47. The molecule has 4 aromatic heterocycles. The zero-order chi connectivity index (χ0) is 20.6. The molecule has 0 saturated carbocycles. The molecule has 5 rings (SSSR count). The Morgan fingerprint density at radius 1 is 0.800 bits per heavy atom. The van der Waals surface area contributed by atoms with E-state index in [1.165, 1.54) is 0 Å². The third kappa shape index (κ3) is 4.51. The monoisotopic (exact) mass is 389 g/mol. The first kappa shape index (κ1) is 18.9. The highest BCUT2D eigenvalue weighted by molar-refractivity contribution is 5.59. The van der Waals surface area contributed by atoms with E-state index in [1.54, 1.807) is 18.5 Å². The molecule has 0 aliphatic rings. The summed E-state index contributed by atoms with van der Waals surface area (Å²) in [6, 6.07) is 25.4. The molecule has 1 aromatic carbocycles. The van der Waals surface area contributed by atoms with Crippen LogP contribution in [0.25, 0.3) is 28.2 Å². The lowest BCUT2D eigenvalue weighted by molar-refractivity contribution is 1.08. The molecular weight excluding hydrogens is 370 g/mol. The summed E-state index contributed by atoms with van der Waals surface area (Å²) in [6.45, 7) is 0. The van der Waals surface area contributed by atoms with Crippen molar-refractivity contribution in [3.05, 3.63) is 116 Å². The first-order valence-corrected chi connectivity index (χ1v) is 9.47. The van der Waals surface area contributed by atoms with Crippen LogP contribution in [0.4, 0.5) is 0 Å². The number of H-pyrrole nitrogens is 1. The van der Waals surface area contributed by atoms with Crippen molar-refractivity contribution in [3.8, 4) is 34.3 Å². The van der Waals surface area contributed by atoms with Gasteiger partial charge in [-0.25, -0.2) is 0 Å². The molecule has 0 aliphatic carbocycles. The van der Waals surface area contributed by atoms with E-state index in [4.69, 9.17) is 5.26 Å².